The molecule has 0 heterocycles. The normalized spacial score (nSPS) is 17.6. The molecular formula is C24H30O2. The van der Waals surface area contributed by atoms with Gasteiger partial charge in [-0.3, -0.25) is 0 Å². The Kier molecular flexibility index (Phi) is 4.72. The van der Waals surface area contributed by atoms with Crippen LogP contribution < -0.4 is 0 Å². The lowest BCUT2D eigenvalue weighted by Crippen LogP contribution is -2.34. The number of hydrogen-bond donors (Lipinski definition) is 1. The van der Waals surface area contributed by atoms with Crippen molar-refractivity contribution in [1.29, 1.82) is 0 Å². The van der Waals surface area contributed by atoms with Crippen molar-refractivity contribution in [3.05, 3.63) is 69.8 Å². The summed E-state index contributed by atoms with van der Waals surface area (Å²) in [6.07, 6.45) is 4.39. The van der Waals surface area contributed by atoms with E-state index in [1.54, 1.807) is 12.1 Å². The van der Waals surface area contributed by atoms with Gasteiger partial charge in [0.25, 0.3) is 0 Å². The van der Waals surface area contributed by atoms with Gasteiger partial charge >= 0.3 is 5.97 Å². The zero-order valence-electron chi connectivity index (χ0n) is 16.6. The molecule has 0 unspecified atom stereocenters. The smallest absolute Gasteiger partial charge is 0.335 e. The van der Waals surface area contributed by atoms with E-state index in [9.17, 15) is 4.79 Å². The Hall–Kier alpha value is -2.09. The summed E-state index contributed by atoms with van der Waals surface area (Å²) in [7, 11) is 0. The standard InChI is InChI=1S/C24H30O2/c1-16-14-20-21(24(4,5)13-12-23(20,2)3)15-19(16)11-8-17-6-9-18(10-7-17)22(25)26/h6-7,9-10,14-15H,8,11-13H2,1-5H3,(H,25,26). The van der Waals surface area contributed by atoms with E-state index < -0.39 is 5.97 Å². The molecule has 0 bridgehead atoms. The third kappa shape index (κ3) is 3.56. The van der Waals surface area contributed by atoms with Crippen LogP contribution in [0.5, 0.6) is 0 Å². The summed E-state index contributed by atoms with van der Waals surface area (Å²) >= 11 is 0. The summed E-state index contributed by atoms with van der Waals surface area (Å²) < 4.78 is 0. The number of carbonyl (C=O) groups is 1. The Morgan fingerprint density at radius 1 is 0.923 bits per heavy atom. The first kappa shape index (κ1) is 18.7. The van der Waals surface area contributed by atoms with Crippen molar-refractivity contribution in [3.63, 3.8) is 0 Å². The van der Waals surface area contributed by atoms with Gasteiger partial charge in [0, 0.05) is 0 Å². The molecule has 0 aliphatic heterocycles. The molecule has 1 aliphatic carbocycles. The van der Waals surface area contributed by atoms with Gasteiger partial charge in [0.2, 0.25) is 0 Å². The second-order valence-electron chi connectivity index (χ2n) is 9.09. The van der Waals surface area contributed by atoms with Crippen molar-refractivity contribution in [2.24, 2.45) is 0 Å². The van der Waals surface area contributed by atoms with Crippen molar-refractivity contribution in [3.8, 4) is 0 Å². The van der Waals surface area contributed by atoms with E-state index in [1.807, 2.05) is 12.1 Å². The maximum atomic E-state index is 11.0. The molecule has 0 saturated heterocycles. The van der Waals surface area contributed by atoms with Crippen LogP contribution in [0.4, 0.5) is 0 Å². The van der Waals surface area contributed by atoms with E-state index in [4.69, 9.17) is 5.11 Å². The molecule has 2 heteroatoms. The Morgan fingerprint density at radius 3 is 2.00 bits per heavy atom. The van der Waals surface area contributed by atoms with Crippen LogP contribution in [-0.2, 0) is 23.7 Å². The molecule has 1 N–H and O–H groups in total. The Labute approximate surface area is 157 Å². The van der Waals surface area contributed by atoms with E-state index in [0.29, 0.717) is 5.56 Å². The molecule has 3 rings (SSSR count). The minimum atomic E-state index is -0.869. The summed E-state index contributed by atoms with van der Waals surface area (Å²) in [5.74, 6) is -0.869. The molecule has 2 aromatic carbocycles. The third-order valence-corrected chi connectivity index (χ3v) is 6.19. The maximum absolute atomic E-state index is 11.0. The number of aryl methyl sites for hydroxylation is 3. The van der Waals surface area contributed by atoms with Gasteiger partial charge in [-0.05, 0) is 83.4 Å². The number of benzene rings is 2. The first-order chi connectivity index (χ1) is 12.1. The molecule has 1 aliphatic rings. The highest BCUT2D eigenvalue weighted by atomic mass is 16.4. The first-order valence-electron chi connectivity index (χ1n) is 9.57. The fraction of sp³-hybridized carbons (Fsp3) is 0.458. The van der Waals surface area contributed by atoms with E-state index in [1.165, 1.54) is 40.7 Å². The van der Waals surface area contributed by atoms with Gasteiger partial charge in [0.05, 0.1) is 5.56 Å². The molecule has 2 nitrogen and oxygen atoms in total. The van der Waals surface area contributed by atoms with Crippen molar-refractivity contribution >= 4 is 5.97 Å². The first-order valence-corrected chi connectivity index (χ1v) is 9.57. The van der Waals surface area contributed by atoms with Crippen LogP contribution in [0.1, 0.15) is 78.7 Å². The molecule has 0 radical (unpaired) electrons. The maximum Gasteiger partial charge on any atom is 0.335 e. The molecule has 2 aromatic rings. The van der Waals surface area contributed by atoms with E-state index in [0.717, 1.165) is 12.8 Å². The lowest BCUT2D eigenvalue weighted by atomic mass is 9.62. The largest absolute Gasteiger partial charge is 0.478 e. The summed E-state index contributed by atoms with van der Waals surface area (Å²) in [6.45, 7) is 11.7. The highest BCUT2D eigenvalue weighted by Crippen LogP contribution is 2.46. The van der Waals surface area contributed by atoms with Gasteiger partial charge in [-0.1, -0.05) is 52.0 Å². The number of fused-ring (bicyclic) bond motifs is 1. The Balaban J connectivity index is 1.86. The minimum absolute atomic E-state index is 0.233. The molecule has 0 spiro atoms. The molecule has 26 heavy (non-hydrogen) atoms. The molecular weight excluding hydrogens is 320 g/mol. The van der Waals surface area contributed by atoms with E-state index in [2.05, 4.69) is 46.8 Å². The van der Waals surface area contributed by atoms with E-state index in [-0.39, 0.29) is 10.8 Å². The molecule has 0 amide bonds. The summed E-state index contributed by atoms with van der Waals surface area (Å²) in [5, 5.41) is 9.02. The minimum Gasteiger partial charge on any atom is -0.478 e. The number of rotatable bonds is 4. The molecule has 0 saturated carbocycles. The fourth-order valence-electron chi connectivity index (χ4n) is 4.13. The van der Waals surface area contributed by atoms with Crippen LogP contribution in [-0.4, -0.2) is 11.1 Å². The summed E-state index contributed by atoms with van der Waals surface area (Å²) in [6, 6.07) is 12.1. The fourth-order valence-corrected chi connectivity index (χ4v) is 4.13. The van der Waals surface area contributed by atoms with Gasteiger partial charge in [-0.25, -0.2) is 4.79 Å². The quantitative estimate of drug-likeness (QED) is 0.753. The SMILES string of the molecule is Cc1cc2c(cc1CCc1ccc(C(=O)O)cc1)C(C)(C)CCC2(C)C. The summed E-state index contributed by atoms with van der Waals surface area (Å²) in [4.78, 5) is 11.0. The third-order valence-electron chi connectivity index (χ3n) is 6.19. The zero-order valence-corrected chi connectivity index (χ0v) is 16.6. The van der Waals surface area contributed by atoms with Crippen LogP contribution in [0.3, 0.4) is 0 Å². The zero-order chi connectivity index (χ0) is 19.1. The lowest BCUT2D eigenvalue weighted by molar-refractivity contribution is 0.0697. The number of aromatic carboxylic acids is 1. The number of carboxylic acid groups (broad SMARTS) is 1. The van der Waals surface area contributed by atoms with Crippen LogP contribution in [0.25, 0.3) is 0 Å². The number of carboxylic acids is 1. The Morgan fingerprint density at radius 2 is 1.46 bits per heavy atom. The van der Waals surface area contributed by atoms with Crippen LogP contribution >= 0.6 is 0 Å². The van der Waals surface area contributed by atoms with Gasteiger partial charge < -0.3 is 5.11 Å². The van der Waals surface area contributed by atoms with Crippen LogP contribution in [0.15, 0.2) is 36.4 Å². The molecule has 0 fully saturated rings. The average molecular weight is 351 g/mol. The van der Waals surface area contributed by atoms with Crippen molar-refractivity contribution < 1.29 is 9.90 Å². The summed E-state index contributed by atoms with van der Waals surface area (Å²) in [5.41, 5.74) is 7.83. The second kappa shape index (κ2) is 6.57. The van der Waals surface area contributed by atoms with Crippen molar-refractivity contribution in [2.75, 3.05) is 0 Å². The predicted octanol–water partition coefficient (Wildman–Crippen LogP) is 5.83. The number of hydrogen-bond acceptors (Lipinski definition) is 1. The van der Waals surface area contributed by atoms with Crippen molar-refractivity contribution in [1.82, 2.24) is 0 Å². The molecule has 0 aromatic heterocycles. The van der Waals surface area contributed by atoms with Gasteiger partial charge in [0.15, 0.2) is 0 Å². The highest BCUT2D eigenvalue weighted by molar-refractivity contribution is 5.87. The van der Waals surface area contributed by atoms with Crippen LogP contribution in [0.2, 0.25) is 0 Å². The van der Waals surface area contributed by atoms with Crippen LogP contribution in [0, 0.1) is 6.92 Å². The monoisotopic (exact) mass is 350 g/mol. The lowest BCUT2D eigenvalue weighted by Gasteiger charge is -2.42. The van der Waals surface area contributed by atoms with Gasteiger partial charge in [-0.15, -0.1) is 0 Å². The molecule has 0 atom stereocenters. The average Bonchev–Trinajstić information content (AvgIpc) is 2.58. The Bertz CT molecular complexity index is 826. The predicted molar refractivity (Wildman–Crippen MR) is 107 cm³/mol. The van der Waals surface area contributed by atoms with E-state index >= 15 is 0 Å². The van der Waals surface area contributed by atoms with Crippen molar-refractivity contribution in [2.45, 2.75) is 71.1 Å². The molecule has 138 valence electrons. The highest BCUT2D eigenvalue weighted by Gasteiger charge is 2.37. The topological polar surface area (TPSA) is 37.3 Å². The van der Waals surface area contributed by atoms with Gasteiger partial charge in [-0.2, -0.15) is 0 Å². The second-order valence-corrected chi connectivity index (χ2v) is 9.09. The van der Waals surface area contributed by atoms with Gasteiger partial charge in [0.1, 0.15) is 0 Å².